The van der Waals surface area contributed by atoms with Crippen LogP contribution < -0.4 is 10.2 Å². The molecule has 1 aromatic heterocycles. The van der Waals surface area contributed by atoms with Crippen LogP contribution in [0.2, 0.25) is 0 Å². The molecule has 5 heteroatoms. The summed E-state index contributed by atoms with van der Waals surface area (Å²) in [6.07, 6.45) is 5.63. The molecule has 0 atom stereocenters. The summed E-state index contributed by atoms with van der Waals surface area (Å²) in [4.78, 5) is 14.4. The average Bonchev–Trinajstić information content (AvgIpc) is 3.19. The Hall–Kier alpha value is -2.01. The smallest absolute Gasteiger partial charge is 0.248 e. The van der Waals surface area contributed by atoms with Crippen molar-refractivity contribution >= 4 is 39.3 Å². The second-order valence-electron chi connectivity index (χ2n) is 5.66. The summed E-state index contributed by atoms with van der Waals surface area (Å²) in [6.45, 7) is 4.25. The van der Waals surface area contributed by atoms with Crippen molar-refractivity contribution in [2.24, 2.45) is 0 Å². The fourth-order valence-corrected chi connectivity index (χ4v) is 3.03. The maximum atomic E-state index is 12.0. The number of carbonyl (C=O) groups excluding carboxylic acids is 1. The van der Waals surface area contributed by atoms with Crippen LogP contribution >= 0.6 is 15.9 Å². The first kappa shape index (κ1) is 15.9. The molecule has 1 N–H and O–H groups in total. The van der Waals surface area contributed by atoms with Gasteiger partial charge < -0.3 is 14.6 Å². The van der Waals surface area contributed by atoms with Crippen molar-refractivity contribution in [1.29, 1.82) is 0 Å². The molecular weight excluding hydrogens is 356 g/mol. The molecule has 1 saturated heterocycles. The Bertz CT molecular complexity index is 730. The Morgan fingerprint density at radius 3 is 2.70 bits per heavy atom. The van der Waals surface area contributed by atoms with Gasteiger partial charge in [0.2, 0.25) is 5.91 Å². The number of furan rings is 1. The lowest BCUT2D eigenvalue weighted by Gasteiger charge is -2.19. The molecule has 1 amide bonds. The van der Waals surface area contributed by atoms with E-state index in [4.69, 9.17) is 4.42 Å². The van der Waals surface area contributed by atoms with Gasteiger partial charge in [0.1, 0.15) is 5.76 Å². The first-order valence-electron chi connectivity index (χ1n) is 7.72. The van der Waals surface area contributed by atoms with E-state index in [0.717, 1.165) is 24.3 Å². The standard InChI is InChI=1S/C18H19BrN2O2/c1-13-12-14(21-10-2-3-11-21)4-7-16(13)20-18(22)9-6-15-5-8-17(19)23-15/h4-9,12H,2-3,10-11H2,1H3,(H,20,22)/b9-6+. The van der Waals surface area contributed by atoms with Crippen LogP contribution in [0.15, 0.2) is 45.5 Å². The second kappa shape index (κ2) is 7.04. The highest BCUT2D eigenvalue weighted by Gasteiger charge is 2.13. The molecule has 0 radical (unpaired) electrons. The molecule has 23 heavy (non-hydrogen) atoms. The Balaban J connectivity index is 1.65. The van der Waals surface area contributed by atoms with Crippen molar-refractivity contribution in [2.75, 3.05) is 23.3 Å². The Morgan fingerprint density at radius 1 is 1.26 bits per heavy atom. The van der Waals surface area contributed by atoms with E-state index in [1.807, 2.05) is 13.0 Å². The van der Waals surface area contributed by atoms with Gasteiger partial charge >= 0.3 is 0 Å². The van der Waals surface area contributed by atoms with E-state index in [-0.39, 0.29) is 5.91 Å². The molecule has 0 unspecified atom stereocenters. The van der Waals surface area contributed by atoms with Gasteiger partial charge in [0.05, 0.1) is 0 Å². The van der Waals surface area contributed by atoms with E-state index < -0.39 is 0 Å². The number of hydrogen-bond acceptors (Lipinski definition) is 3. The summed E-state index contributed by atoms with van der Waals surface area (Å²) in [7, 11) is 0. The van der Waals surface area contributed by atoms with Gasteiger partial charge in [0.15, 0.2) is 4.67 Å². The number of benzene rings is 1. The van der Waals surface area contributed by atoms with Crippen molar-refractivity contribution in [3.05, 3.63) is 52.4 Å². The fourth-order valence-electron chi connectivity index (χ4n) is 2.71. The zero-order valence-electron chi connectivity index (χ0n) is 13.0. The molecule has 0 spiro atoms. The lowest BCUT2D eigenvalue weighted by Crippen LogP contribution is -2.18. The molecule has 0 saturated carbocycles. The van der Waals surface area contributed by atoms with Crippen LogP contribution in [0, 0.1) is 6.92 Å². The minimum atomic E-state index is -0.172. The largest absolute Gasteiger partial charge is 0.450 e. The average molecular weight is 375 g/mol. The van der Waals surface area contributed by atoms with Crippen molar-refractivity contribution in [3.63, 3.8) is 0 Å². The van der Waals surface area contributed by atoms with Crippen LogP contribution in [0.1, 0.15) is 24.2 Å². The van der Waals surface area contributed by atoms with E-state index >= 15 is 0 Å². The third kappa shape index (κ3) is 4.05. The Labute approximate surface area is 144 Å². The molecule has 1 aliphatic heterocycles. The van der Waals surface area contributed by atoms with E-state index in [2.05, 4.69) is 38.3 Å². The van der Waals surface area contributed by atoms with Crippen molar-refractivity contribution in [1.82, 2.24) is 0 Å². The van der Waals surface area contributed by atoms with Gasteiger partial charge in [0.25, 0.3) is 0 Å². The van der Waals surface area contributed by atoms with Gasteiger partial charge in [-0.2, -0.15) is 0 Å². The molecule has 1 fully saturated rings. The summed E-state index contributed by atoms with van der Waals surface area (Å²) in [5, 5.41) is 2.91. The minimum absolute atomic E-state index is 0.172. The number of nitrogens with zero attached hydrogens (tertiary/aromatic N) is 1. The monoisotopic (exact) mass is 374 g/mol. The Morgan fingerprint density at radius 2 is 2.04 bits per heavy atom. The van der Waals surface area contributed by atoms with Crippen LogP contribution in [-0.2, 0) is 4.79 Å². The fraction of sp³-hybridized carbons (Fsp3) is 0.278. The molecule has 1 aromatic carbocycles. The number of nitrogens with one attached hydrogen (secondary N) is 1. The summed E-state index contributed by atoms with van der Waals surface area (Å²) in [5.74, 6) is 0.461. The molecule has 120 valence electrons. The number of amides is 1. The van der Waals surface area contributed by atoms with Crippen LogP contribution in [0.25, 0.3) is 6.08 Å². The van der Waals surface area contributed by atoms with Gasteiger partial charge in [-0.15, -0.1) is 0 Å². The number of hydrogen-bond donors (Lipinski definition) is 1. The number of aryl methyl sites for hydroxylation is 1. The molecule has 2 heterocycles. The van der Waals surface area contributed by atoms with Crippen molar-refractivity contribution < 1.29 is 9.21 Å². The number of rotatable bonds is 4. The molecule has 0 bridgehead atoms. The van der Waals surface area contributed by atoms with Crippen LogP contribution in [-0.4, -0.2) is 19.0 Å². The summed E-state index contributed by atoms with van der Waals surface area (Å²) >= 11 is 3.23. The minimum Gasteiger partial charge on any atom is -0.450 e. The number of halogens is 1. The van der Waals surface area contributed by atoms with Crippen molar-refractivity contribution in [3.8, 4) is 0 Å². The summed E-state index contributed by atoms with van der Waals surface area (Å²) in [5.41, 5.74) is 3.13. The Kier molecular flexibility index (Phi) is 4.86. The molecule has 0 aliphatic carbocycles. The zero-order chi connectivity index (χ0) is 16.2. The van der Waals surface area contributed by atoms with E-state index in [1.54, 1.807) is 18.2 Å². The topological polar surface area (TPSA) is 45.5 Å². The first-order chi connectivity index (χ1) is 11.1. The van der Waals surface area contributed by atoms with Gasteiger partial charge in [-0.1, -0.05) is 0 Å². The quantitative estimate of drug-likeness (QED) is 0.795. The van der Waals surface area contributed by atoms with Crippen LogP contribution in [0.5, 0.6) is 0 Å². The SMILES string of the molecule is Cc1cc(N2CCCC2)ccc1NC(=O)/C=C/c1ccc(Br)o1. The summed E-state index contributed by atoms with van der Waals surface area (Å²) < 4.78 is 5.97. The van der Waals surface area contributed by atoms with E-state index in [1.165, 1.54) is 24.6 Å². The lowest BCUT2D eigenvalue weighted by molar-refractivity contribution is -0.111. The van der Waals surface area contributed by atoms with Gasteiger partial charge in [0, 0.05) is 30.5 Å². The van der Waals surface area contributed by atoms with Gasteiger partial charge in [-0.05, 0) is 77.7 Å². The third-order valence-electron chi connectivity index (χ3n) is 3.93. The predicted octanol–water partition coefficient (Wildman–Crippen LogP) is 4.60. The van der Waals surface area contributed by atoms with Gasteiger partial charge in [-0.25, -0.2) is 0 Å². The highest BCUT2D eigenvalue weighted by atomic mass is 79.9. The maximum Gasteiger partial charge on any atom is 0.248 e. The third-order valence-corrected chi connectivity index (χ3v) is 4.36. The van der Waals surface area contributed by atoms with E-state index in [9.17, 15) is 4.79 Å². The maximum absolute atomic E-state index is 12.0. The molecule has 2 aromatic rings. The predicted molar refractivity (Wildman–Crippen MR) is 96.7 cm³/mol. The van der Waals surface area contributed by atoms with Crippen LogP contribution in [0.3, 0.4) is 0 Å². The number of carbonyl (C=O) groups is 1. The highest BCUT2D eigenvalue weighted by molar-refractivity contribution is 9.10. The number of anilines is 2. The highest BCUT2D eigenvalue weighted by Crippen LogP contribution is 2.25. The first-order valence-corrected chi connectivity index (χ1v) is 8.51. The van der Waals surface area contributed by atoms with Crippen LogP contribution in [0.4, 0.5) is 11.4 Å². The molecule has 1 aliphatic rings. The second-order valence-corrected chi connectivity index (χ2v) is 6.44. The lowest BCUT2D eigenvalue weighted by atomic mass is 10.1. The van der Waals surface area contributed by atoms with E-state index in [0.29, 0.717) is 10.4 Å². The molecule has 4 nitrogen and oxygen atoms in total. The molecular formula is C18H19BrN2O2. The van der Waals surface area contributed by atoms with Crippen molar-refractivity contribution in [2.45, 2.75) is 19.8 Å². The molecule has 3 rings (SSSR count). The van der Waals surface area contributed by atoms with Gasteiger partial charge in [-0.3, -0.25) is 4.79 Å². The zero-order valence-corrected chi connectivity index (χ0v) is 14.6. The summed E-state index contributed by atoms with van der Waals surface area (Å²) in [6, 6.07) is 9.76. The normalized spacial score (nSPS) is 14.6.